The van der Waals surface area contributed by atoms with Crippen LogP contribution in [0.25, 0.3) is 5.69 Å². The van der Waals surface area contributed by atoms with Crippen molar-refractivity contribution in [3.63, 3.8) is 0 Å². The Bertz CT molecular complexity index is 625. The molecule has 108 valence electrons. The van der Waals surface area contributed by atoms with Crippen LogP contribution in [0.1, 0.15) is 43.8 Å². The van der Waals surface area contributed by atoms with E-state index in [2.05, 4.69) is 23.3 Å². The van der Waals surface area contributed by atoms with Gasteiger partial charge in [0.05, 0.1) is 11.8 Å². The minimum absolute atomic E-state index is 0.575. The molecule has 1 aliphatic carbocycles. The second-order valence-corrected chi connectivity index (χ2v) is 6.30. The molecule has 0 saturated heterocycles. The highest BCUT2D eigenvalue weighted by Crippen LogP contribution is 2.40. The Morgan fingerprint density at radius 2 is 2.05 bits per heavy atom. The fraction of sp³-hybridized carbons (Fsp3) is 0.438. The summed E-state index contributed by atoms with van der Waals surface area (Å²) in [5.74, 6) is 2.65. The molecule has 3 rings (SSSR count). The normalized spacial score (nSPS) is 14.0. The van der Waals surface area contributed by atoms with Gasteiger partial charge < -0.3 is 0 Å². The predicted octanol–water partition coefficient (Wildman–Crippen LogP) is 3.93. The summed E-state index contributed by atoms with van der Waals surface area (Å²) < 4.78 is 2.00. The number of hydrogen-bond donors (Lipinski definition) is 0. The molecular weight excluding hydrogens is 280 g/mol. The van der Waals surface area contributed by atoms with Crippen molar-refractivity contribution in [1.29, 1.82) is 5.26 Å². The molecule has 0 aliphatic heterocycles. The van der Waals surface area contributed by atoms with E-state index in [9.17, 15) is 0 Å². The topological polar surface area (TPSA) is 54.5 Å². The number of aromatic nitrogens is 3. The van der Waals surface area contributed by atoms with E-state index >= 15 is 0 Å². The van der Waals surface area contributed by atoms with Gasteiger partial charge in [-0.15, -0.1) is 5.10 Å². The van der Waals surface area contributed by atoms with Crippen molar-refractivity contribution < 1.29 is 0 Å². The number of rotatable bonds is 7. The number of hydrogen-bond acceptors (Lipinski definition) is 4. The lowest BCUT2D eigenvalue weighted by molar-refractivity contribution is 0.781. The van der Waals surface area contributed by atoms with E-state index in [-0.39, 0.29) is 0 Å². The zero-order valence-electron chi connectivity index (χ0n) is 11.9. The fourth-order valence-corrected chi connectivity index (χ4v) is 3.03. The lowest BCUT2D eigenvalue weighted by atomic mass is 10.3. The number of nitriles is 1. The molecule has 1 aromatic heterocycles. The molecule has 1 heterocycles. The molecule has 0 spiro atoms. The summed E-state index contributed by atoms with van der Waals surface area (Å²) in [7, 11) is 0. The summed E-state index contributed by atoms with van der Waals surface area (Å²) in [6.45, 7) is 0. The Balaban J connectivity index is 1.70. The van der Waals surface area contributed by atoms with Gasteiger partial charge in [-0.1, -0.05) is 30.0 Å². The number of nitrogens with zero attached hydrogens (tertiary/aromatic N) is 4. The number of benzene rings is 1. The van der Waals surface area contributed by atoms with Crippen molar-refractivity contribution in [2.24, 2.45) is 0 Å². The molecule has 21 heavy (non-hydrogen) atoms. The SMILES string of the molecule is N#CCCCCSc1nc(C2CC2)n(-c2ccccc2)n1. The summed E-state index contributed by atoms with van der Waals surface area (Å²) in [6, 6.07) is 12.4. The van der Waals surface area contributed by atoms with Crippen LogP contribution in [0.3, 0.4) is 0 Å². The second kappa shape index (κ2) is 6.77. The van der Waals surface area contributed by atoms with E-state index < -0.39 is 0 Å². The standard InChI is InChI=1S/C16H18N4S/c17-11-5-2-6-12-21-16-18-15(13-9-10-13)20(19-16)14-7-3-1-4-8-14/h1,3-4,7-8,13H,2,5-6,9-10,12H2. The maximum Gasteiger partial charge on any atom is 0.209 e. The van der Waals surface area contributed by atoms with E-state index in [1.165, 1.54) is 12.8 Å². The Kier molecular flexibility index (Phi) is 4.56. The third kappa shape index (κ3) is 3.64. The van der Waals surface area contributed by atoms with Crippen molar-refractivity contribution in [3.8, 4) is 11.8 Å². The van der Waals surface area contributed by atoms with E-state index in [0.717, 1.165) is 35.3 Å². The molecule has 1 fully saturated rings. The quantitative estimate of drug-likeness (QED) is 0.574. The Morgan fingerprint density at radius 1 is 1.24 bits per heavy atom. The molecule has 0 atom stereocenters. The van der Waals surface area contributed by atoms with E-state index in [1.54, 1.807) is 11.8 Å². The highest BCUT2D eigenvalue weighted by Gasteiger charge is 2.30. The summed E-state index contributed by atoms with van der Waals surface area (Å²) >= 11 is 1.69. The lowest BCUT2D eigenvalue weighted by Crippen LogP contribution is -2.01. The Morgan fingerprint density at radius 3 is 2.76 bits per heavy atom. The lowest BCUT2D eigenvalue weighted by Gasteiger charge is -2.03. The average Bonchev–Trinajstić information content (AvgIpc) is 3.28. The Hall–Kier alpha value is -1.80. The molecule has 1 saturated carbocycles. The van der Waals surface area contributed by atoms with Crippen LogP contribution in [0.4, 0.5) is 0 Å². The van der Waals surface area contributed by atoms with Crippen molar-refractivity contribution in [1.82, 2.24) is 14.8 Å². The molecule has 1 aromatic carbocycles. The maximum atomic E-state index is 8.53. The van der Waals surface area contributed by atoms with Gasteiger partial charge in [-0.05, 0) is 37.8 Å². The highest BCUT2D eigenvalue weighted by atomic mass is 32.2. The molecule has 0 unspecified atom stereocenters. The largest absolute Gasteiger partial charge is 0.216 e. The van der Waals surface area contributed by atoms with Crippen LogP contribution >= 0.6 is 11.8 Å². The summed E-state index contributed by atoms with van der Waals surface area (Å²) in [4.78, 5) is 4.72. The van der Waals surface area contributed by atoms with Gasteiger partial charge in [0.2, 0.25) is 5.16 Å². The first-order valence-electron chi connectivity index (χ1n) is 7.40. The number of para-hydroxylation sites is 1. The monoisotopic (exact) mass is 298 g/mol. The van der Waals surface area contributed by atoms with Gasteiger partial charge in [0.15, 0.2) is 0 Å². The summed E-state index contributed by atoms with van der Waals surface area (Å²) in [6.07, 6.45) is 5.07. The van der Waals surface area contributed by atoms with Crippen LogP contribution in [0.5, 0.6) is 0 Å². The Labute approximate surface area is 129 Å². The van der Waals surface area contributed by atoms with Gasteiger partial charge in [-0.3, -0.25) is 0 Å². The molecule has 4 nitrogen and oxygen atoms in total. The molecule has 0 amide bonds. The van der Waals surface area contributed by atoms with E-state index in [1.807, 2.05) is 22.9 Å². The first-order chi connectivity index (χ1) is 10.4. The third-order valence-corrected chi connectivity index (χ3v) is 4.39. The molecular formula is C16H18N4S. The van der Waals surface area contributed by atoms with Gasteiger partial charge in [-0.2, -0.15) is 5.26 Å². The fourth-order valence-electron chi connectivity index (χ4n) is 2.20. The van der Waals surface area contributed by atoms with Gasteiger partial charge in [0.1, 0.15) is 5.82 Å². The van der Waals surface area contributed by atoms with Crippen LogP contribution in [0, 0.1) is 11.3 Å². The molecule has 5 heteroatoms. The zero-order valence-corrected chi connectivity index (χ0v) is 12.7. The van der Waals surface area contributed by atoms with Gasteiger partial charge in [0, 0.05) is 18.1 Å². The number of unbranched alkanes of at least 4 members (excludes halogenated alkanes) is 2. The maximum absolute atomic E-state index is 8.53. The molecule has 1 aliphatic rings. The van der Waals surface area contributed by atoms with Crippen LogP contribution in [-0.4, -0.2) is 20.5 Å². The van der Waals surface area contributed by atoms with Crippen LogP contribution in [0.2, 0.25) is 0 Å². The van der Waals surface area contributed by atoms with E-state index in [0.29, 0.717) is 12.3 Å². The average molecular weight is 298 g/mol. The minimum atomic E-state index is 0.575. The number of thioether (sulfide) groups is 1. The second-order valence-electron chi connectivity index (χ2n) is 5.24. The minimum Gasteiger partial charge on any atom is -0.216 e. The van der Waals surface area contributed by atoms with Crippen molar-refractivity contribution >= 4 is 11.8 Å². The van der Waals surface area contributed by atoms with Crippen LogP contribution < -0.4 is 0 Å². The van der Waals surface area contributed by atoms with Crippen molar-refractivity contribution in [2.75, 3.05) is 5.75 Å². The van der Waals surface area contributed by atoms with Gasteiger partial charge >= 0.3 is 0 Å². The summed E-state index contributed by atoms with van der Waals surface area (Å²) in [5, 5.41) is 14.1. The molecule has 2 aromatic rings. The van der Waals surface area contributed by atoms with Gasteiger partial charge in [0.25, 0.3) is 0 Å². The van der Waals surface area contributed by atoms with Crippen LogP contribution in [0.15, 0.2) is 35.5 Å². The predicted molar refractivity (Wildman–Crippen MR) is 83.5 cm³/mol. The van der Waals surface area contributed by atoms with Crippen LogP contribution in [-0.2, 0) is 0 Å². The molecule has 0 radical (unpaired) electrons. The van der Waals surface area contributed by atoms with E-state index in [4.69, 9.17) is 10.2 Å². The van der Waals surface area contributed by atoms with Crippen molar-refractivity contribution in [2.45, 2.75) is 43.2 Å². The molecule has 0 bridgehead atoms. The molecule has 0 N–H and O–H groups in total. The zero-order chi connectivity index (χ0) is 14.5. The highest BCUT2D eigenvalue weighted by molar-refractivity contribution is 7.99. The van der Waals surface area contributed by atoms with Crippen molar-refractivity contribution in [3.05, 3.63) is 36.2 Å². The van der Waals surface area contributed by atoms with Gasteiger partial charge in [-0.25, -0.2) is 9.67 Å². The smallest absolute Gasteiger partial charge is 0.209 e. The summed E-state index contributed by atoms with van der Waals surface area (Å²) in [5.41, 5.74) is 1.09. The first-order valence-corrected chi connectivity index (χ1v) is 8.39. The third-order valence-electron chi connectivity index (χ3n) is 3.47. The first kappa shape index (κ1) is 14.2.